The summed E-state index contributed by atoms with van der Waals surface area (Å²) in [5.41, 5.74) is 6.95. The number of nitrogens with one attached hydrogen (secondary N) is 1. The summed E-state index contributed by atoms with van der Waals surface area (Å²) < 4.78 is 5.63. The van der Waals surface area contributed by atoms with Crippen LogP contribution in [0.2, 0.25) is 0 Å². The minimum atomic E-state index is -0.0879. The van der Waals surface area contributed by atoms with E-state index < -0.39 is 0 Å². The second-order valence-corrected chi connectivity index (χ2v) is 7.83. The number of hydrogen-bond acceptors (Lipinski definition) is 4. The number of rotatable bonds is 5. The second kappa shape index (κ2) is 8.48. The van der Waals surface area contributed by atoms with Crippen LogP contribution in [-0.2, 0) is 9.59 Å². The van der Waals surface area contributed by atoms with Gasteiger partial charge in [0.15, 0.2) is 6.61 Å². The molecule has 1 heterocycles. The van der Waals surface area contributed by atoms with Gasteiger partial charge in [-0.3, -0.25) is 9.59 Å². The fraction of sp³-hybridized carbons (Fsp3) is 0.600. The van der Waals surface area contributed by atoms with Crippen molar-refractivity contribution in [3.63, 3.8) is 0 Å². The lowest BCUT2D eigenvalue weighted by Gasteiger charge is -2.27. The van der Waals surface area contributed by atoms with Crippen LogP contribution in [-0.4, -0.2) is 42.5 Å². The Morgan fingerprint density at radius 1 is 1.19 bits per heavy atom. The first kappa shape index (κ1) is 20.0. The van der Waals surface area contributed by atoms with Crippen LogP contribution in [0.25, 0.3) is 0 Å². The number of likely N-dealkylation sites (tertiary alicyclic amines) is 1. The van der Waals surface area contributed by atoms with Crippen LogP contribution in [0.3, 0.4) is 0 Å². The van der Waals surface area contributed by atoms with Crippen LogP contribution in [0.5, 0.6) is 5.75 Å². The van der Waals surface area contributed by atoms with Crippen molar-refractivity contribution in [1.29, 1.82) is 0 Å². The molecule has 148 valence electrons. The summed E-state index contributed by atoms with van der Waals surface area (Å²) in [4.78, 5) is 26.6. The molecule has 3 aliphatic rings. The molecule has 2 aliphatic carbocycles. The van der Waals surface area contributed by atoms with E-state index in [0.29, 0.717) is 23.3 Å². The van der Waals surface area contributed by atoms with Crippen LogP contribution in [0, 0.1) is 17.8 Å². The highest BCUT2D eigenvalue weighted by atomic mass is 35.5. The van der Waals surface area contributed by atoms with Crippen molar-refractivity contribution in [1.82, 2.24) is 4.90 Å². The van der Waals surface area contributed by atoms with Gasteiger partial charge in [0.2, 0.25) is 5.91 Å². The number of hydrogen-bond donors (Lipinski definition) is 2. The topological polar surface area (TPSA) is 84.7 Å². The highest BCUT2D eigenvalue weighted by Gasteiger charge is 2.49. The third kappa shape index (κ3) is 4.22. The van der Waals surface area contributed by atoms with Crippen molar-refractivity contribution in [3.8, 4) is 5.75 Å². The number of amides is 2. The Bertz CT molecular complexity index is 691. The number of fused-ring (bicyclic) bond motifs is 2. The maximum atomic E-state index is 12.7. The Balaban J connectivity index is 0.00000210. The average molecular weight is 394 g/mol. The van der Waals surface area contributed by atoms with E-state index in [-0.39, 0.29) is 42.8 Å². The monoisotopic (exact) mass is 393 g/mol. The molecule has 0 radical (unpaired) electrons. The molecule has 7 heteroatoms. The summed E-state index contributed by atoms with van der Waals surface area (Å²) in [5.74, 6) is 1.46. The lowest BCUT2D eigenvalue weighted by molar-refractivity contribution is -0.132. The number of carbonyl (C=O) groups excluding carboxylic acids is 2. The van der Waals surface area contributed by atoms with E-state index in [9.17, 15) is 9.59 Å². The molecule has 6 nitrogen and oxygen atoms in total. The Morgan fingerprint density at radius 2 is 1.93 bits per heavy atom. The fourth-order valence-electron chi connectivity index (χ4n) is 4.82. The number of anilines is 1. The molecule has 27 heavy (non-hydrogen) atoms. The molecule has 2 amide bonds. The van der Waals surface area contributed by atoms with Gasteiger partial charge in [0.25, 0.3) is 5.91 Å². The molecule has 4 rings (SSSR count). The molecule has 1 aromatic carbocycles. The second-order valence-electron chi connectivity index (χ2n) is 7.83. The van der Waals surface area contributed by atoms with E-state index in [1.165, 1.54) is 0 Å². The van der Waals surface area contributed by atoms with E-state index in [2.05, 4.69) is 5.32 Å². The van der Waals surface area contributed by atoms with Gasteiger partial charge in [0.05, 0.1) is 5.92 Å². The molecule has 0 spiro atoms. The van der Waals surface area contributed by atoms with Crippen LogP contribution in [0.1, 0.15) is 32.1 Å². The van der Waals surface area contributed by atoms with Crippen molar-refractivity contribution in [3.05, 3.63) is 24.3 Å². The van der Waals surface area contributed by atoms with Gasteiger partial charge in [-0.05, 0) is 56.1 Å². The zero-order valence-corrected chi connectivity index (χ0v) is 16.2. The van der Waals surface area contributed by atoms with Crippen molar-refractivity contribution in [2.75, 3.05) is 25.0 Å². The van der Waals surface area contributed by atoms with Crippen molar-refractivity contribution in [2.45, 2.75) is 38.1 Å². The number of benzene rings is 1. The van der Waals surface area contributed by atoms with Gasteiger partial charge in [-0.1, -0.05) is 6.07 Å². The quantitative estimate of drug-likeness (QED) is 0.804. The van der Waals surface area contributed by atoms with E-state index >= 15 is 0 Å². The summed E-state index contributed by atoms with van der Waals surface area (Å²) >= 11 is 0. The third-order valence-electron chi connectivity index (χ3n) is 6.21. The fourth-order valence-corrected chi connectivity index (χ4v) is 4.82. The maximum Gasteiger partial charge on any atom is 0.260 e. The molecular weight excluding hydrogens is 366 g/mol. The lowest BCUT2D eigenvalue weighted by Crippen LogP contribution is -2.42. The van der Waals surface area contributed by atoms with Crippen LogP contribution in [0.15, 0.2) is 24.3 Å². The van der Waals surface area contributed by atoms with E-state index in [4.69, 9.17) is 10.5 Å². The van der Waals surface area contributed by atoms with Crippen molar-refractivity contribution in [2.24, 2.45) is 23.5 Å². The maximum absolute atomic E-state index is 12.7. The van der Waals surface area contributed by atoms with E-state index in [1.54, 1.807) is 12.1 Å². The summed E-state index contributed by atoms with van der Waals surface area (Å²) in [6, 6.07) is 7.22. The lowest BCUT2D eigenvalue weighted by atomic mass is 9.84. The largest absolute Gasteiger partial charge is 0.484 e. The molecule has 2 saturated carbocycles. The first-order chi connectivity index (χ1) is 12.6. The zero-order chi connectivity index (χ0) is 18.1. The van der Waals surface area contributed by atoms with E-state index in [1.807, 2.05) is 17.0 Å². The smallest absolute Gasteiger partial charge is 0.260 e. The molecule has 4 unspecified atom stereocenters. The minimum Gasteiger partial charge on any atom is -0.484 e. The highest BCUT2D eigenvalue weighted by Crippen LogP contribution is 2.47. The predicted octanol–water partition coefficient (Wildman–Crippen LogP) is 2.42. The molecule has 3 fully saturated rings. The molecule has 3 N–H and O–H groups in total. The number of halogens is 1. The zero-order valence-electron chi connectivity index (χ0n) is 15.4. The van der Waals surface area contributed by atoms with Crippen LogP contribution >= 0.6 is 12.4 Å². The summed E-state index contributed by atoms with van der Waals surface area (Å²) in [5, 5.41) is 2.99. The summed E-state index contributed by atoms with van der Waals surface area (Å²) in [6.45, 7) is 1.68. The molecule has 1 saturated heterocycles. The first-order valence-corrected chi connectivity index (χ1v) is 9.69. The predicted molar refractivity (Wildman–Crippen MR) is 106 cm³/mol. The molecular formula is C20H28ClN3O3. The number of ether oxygens (including phenoxy) is 1. The van der Waals surface area contributed by atoms with Gasteiger partial charge >= 0.3 is 0 Å². The molecule has 2 bridgehead atoms. The minimum absolute atomic E-state index is 0. The van der Waals surface area contributed by atoms with E-state index in [0.717, 1.165) is 45.2 Å². The highest BCUT2D eigenvalue weighted by molar-refractivity contribution is 5.93. The molecule has 1 aliphatic heterocycles. The van der Waals surface area contributed by atoms with Crippen molar-refractivity contribution >= 4 is 29.9 Å². The number of nitrogens with zero attached hydrogens (tertiary/aromatic N) is 1. The Morgan fingerprint density at radius 3 is 2.63 bits per heavy atom. The summed E-state index contributed by atoms with van der Waals surface area (Å²) in [6.07, 6.45) is 5.49. The van der Waals surface area contributed by atoms with Crippen LogP contribution in [0.4, 0.5) is 5.69 Å². The standard InChI is InChI=1S/C20H27N3O3.ClH/c21-19-14-7-6-13(10-14)18(19)20(25)22-15-4-3-5-16(11-15)26-12-17(24)23-8-1-2-9-23;/h3-5,11,13-14,18-19H,1-2,6-10,12,21H2,(H,22,25);1H. The van der Waals surface area contributed by atoms with Crippen molar-refractivity contribution < 1.29 is 14.3 Å². The van der Waals surface area contributed by atoms with Crippen LogP contribution < -0.4 is 15.8 Å². The van der Waals surface area contributed by atoms with Gasteiger partial charge in [0, 0.05) is 30.9 Å². The Kier molecular flexibility index (Phi) is 6.27. The van der Waals surface area contributed by atoms with Gasteiger partial charge in [0.1, 0.15) is 5.75 Å². The average Bonchev–Trinajstić information content (AvgIpc) is 3.37. The van der Waals surface area contributed by atoms with Gasteiger partial charge in [-0.25, -0.2) is 0 Å². The van der Waals surface area contributed by atoms with Gasteiger partial charge < -0.3 is 20.7 Å². The van der Waals surface area contributed by atoms with Gasteiger partial charge in [-0.15, -0.1) is 12.4 Å². The molecule has 4 atom stereocenters. The molecule has 1 aromatic rings. The molecule has 0 aromatic heterocycles. The summed E-state index contributed by atoms with van der Waals surface area (Å²) in [7, 11) is 0. The normalized spacial score (nSPS) is 28.7. The first-order valence-electron chi connectivity index (χ1n) is 9.69. The Labute approximate surface area is 166 Å². The number of carbonyl (C=O) groups is 2. The third-order valence-corrected chi connectivity index (χ3v) is 6.21. The van der Waals surface area contributed by atoms with Gasteiger partial charge in [-0.2, -0.15) is 0 Å². The Hall–Kier alpha value is -1.79. The number of nitrogens with two attached hydrogens (primary N) is 1. The SMILES string of the molecule is Cl.NC1C2CCC(C2)C1C(=O)Nc1cccc(OCC(=O)N2CCCC2)c1.